The average molecular weight is 277 g/mol. The highest BCUT2D eigenvalue weighted by molar-refractivity contribution is 7.99. The molecule has 0 bridgehead atoms. The smallest absolute Gasteiger partial charge is 0.0423 e. The lowest BCUT2D eigenvalue weighted by Gasteiger charge is -2.16. The van der Waals surface area contributed by atoms with Crippen LogP contribution in [0.3, 0.4) is 0 Å². The second kappa shape index (κ2) is 6.41. The summed E-state index contributed by atoms with van der Waals surface area (Å²) in [6, 6.07) is 11.4. The van der Waals surface area contributed by atoms with E-state index in [2.05, 4.69) is 54.9 Å². The standard InChI is InChI=1S/C15H19NS2/c1-11-4-6-13(7-5-11)18-10-15(16-3)14-8-9-17-12(14)2/h4-9,15-16H,10H2,1-3H3. The van der Waals surface area contributed by atoms with Gasteiger partial charge in [-0.25, -0.2) is 0 Å². The van der Waals surface area contributed by atoms with E-state index in [-0.39, 0.29) is 0 Å². The molecule has 1 nitrogen and oxygen atoms in total. The molecule has 0 saturated carbocycles. The van der Waals surface area contributed by atoms with E-state index in [4.69, 9.17) is 0 Å². The first-order chi connectivity index (χ1) is 8.70. The van der Waals surface area contributed by atoms with Crippen molar-refractivity contribution in [3.05, 3.63) is 51.7 Å². The summed E-state index contributed by atoms with van der Waals surface area (Å²) in [5, 5.41) is 5.58. The van der Waals surface area contributed by atoms with Crippen molar-refractivity contribution in [2.45, 2.75) is 24.8 Å². The maximum Gasteiger partial charge on any atom is 0.0423 e. The van der Waals surface area contributed by atoms with E-state index in [1.807, 2.05) is 30.1 Å². The maximum absolute atomic E-state index is 3.41. The van der Waals surface area contributed by atoms with Gasteiger partial charge in [0.1, 0.15) is 0 Å². The third kappa shape index (κ3) is 3.37. The van der Waals surface area contributed by atoms with Crippen LogP contribution in [0, 0.1) is 13.8 Å². The van der Waals surface area contributed by atoms with Crippen LogP contribution in [-0.4, -0.2) is 12.8 Å². The molecule has 96 valence electrons. The number of aryl methyl sites for hydroxylation is 2. The summed E-state index contributed by atoms with van der Waals surface area (Å²) in [6.45, 7) is 4.32. The Morgan fingerprint density at radius 3 is 2.44 bits per heavy atom. The van der Waals surface area contributed by atoms with Crippen molar-refractivity contribution in [1.82, 2.24) is 5.32 Å². The van der Waals surface area contributed by atoms with Crippen LogP contribution < -0.4 is 5.32 Å². The van der Waals surface area contributed by atoms with E-state index in [9.17, 15) is 0 Å². The highest BCUT2D eigenvalue weighted by atomic mass is 32.2. The minimum atomic E-state index is 0.433. The van der Waals surface area contributed by atoms with Crippen molar-refractivity contribution < 1.29 is 0 Å². The normalized spacial score (nSPS) is 12.6. The van der Waals surface area contributed by atoms with Crippen molar-refractivity contribution in [1.29, 1.82) is 0 Å². The zero-order valence-corrected chi connectivity index (χ0v) is 12.7. The average Bonchev–Trinajstić information content (AvgIpc) is 2.79. The van der Waals surface area contributed by atoms with Crippen molar-refractivity contribution in [2.24, 2.45) is 0 Å². The Balaban J connectivity index is 2.00. The van der Waals surface area contributed by atoms with Crippen LogP contribution in [-0.2, 0) is 0 Å². The lowest BCUT2D eigenvalue weighted by atomic mass is 10.1. The number of hydrogen-bond donors (Lipinski definition) is 1. The fraction of sp³-hybridized carbons (Fsp3) is 0.333. The first kappa shape index (κ1) is 13.7. The van der Waals surface area contributed by atoms with Crippen LogP contribution in [0.5, 0.6) is 0 Å². The third-order valence-electron chi connectivity index (χ3n) is 3.06. The summed E-state index contributed by atoms with van der Waals surface area (Å²) >= 11 is 3.73. The lowest BCUT2D eigenvalue weighted by molar-refractivity contribution is 0.661. The number of thiophene rings is 1. The van der Waals surface area contributed by atoms with Crippen molar-refractivity contribution in [2.75, 3.05) is 12.8 Å². The maximum atomic E-state index is 3.41. The highest BCUT2D eigenvalue weighted by Gasteiger charge is 2.12. The van der Waals surface area contributed by atoms with Gasteiger partial charge in [0.05, 0.1) is 0 Å². The predicted octanol–water partition coefficient (Wildman–Crippen LogP) is 4.42. The first-order valence-electron chi connectivity index (χ1n) is 6.11. The molecule has 0 fully saturated rings. The van der Waals surface area contributed by atoms with Crippen LogP contribution in [0.1, 0.15) is 22.0 Å². The number of thioether (sulfide) groups is 1. The summed E-state index contributed by atoms with van der Waals surface area (Å²) in [6.07, 6.45) is 0. The molecule has 1 atom stereocenters. The minimum Gasteiger partial charge on any atom is -0.312 e. The van der Waals surface area contributed by atoms with Gasteiger partial charge in [-0.05, 0) is 50.0 Å². The van der Waals surface area contributed by atoms with Crippen molar-refractivity contribution in [3.8, 4) is 0 Å². The first-order valence-corrected chi connectivity index (χ1v) is 7.98. The molecule has 2 rings (SSSR count). The van der Waals surface area contributed by atoms with E-state index >= 15 is 0 Å². The molecule has 0 saturated heterocycles. The van der Waals surface area contributed by atoms with E-state index in [1.54, 1.807) is 0 Å². The molecule has 3 heteroatoms. The molecule has 0 amide bonds. The molecule has 1 aromatic heterocycles. The van der Waals surface area contributed by atoms with E-state index in [0.29, 0.717) is 6.04 Å². The Bertz CT molecular complexity index is 487. The molecule has 1 aromatic carbocycles. The predicted molar refractivity (Wildman–Crippen MR) is 82.8 cm³/mol. The van der Waals surface area contributed by atoms with Gasteiger partial charge in [0.2, 0.25) is 0 Å². The van der Waals surface area contributed by atoms with Crippen LogP contribution in [0.2, 0.25) is 0 Å². The summed E-state index contributed by atoms with van der Waals surface area (Å²) in [5.41, 5.74) is 2.75. The molecule has 0 spiro atoms. The van der Waals surface area contributed by atoms with Crippen LogP contribution in [0.4, 0.5) is 0 Å². The number of hydrogen-bond acceptors (Lipinski definition) is 3. The van der Waals surface area contributed by atoms with Gasteiger partial charge in [-0.1, -0.05) is 17.7 Å². The summed E-state index contributed by atoms with van der Waals surface area (Å²) < 4.78 is 0. The van der Waals surface area contributed by atoms with Gasteiger partial charge < -0.3 is 5.32 Å². The molecule has 0 radical (unpaired) electrons. The largest absolute Gasteiger partial charge is 0.312 e. The van der Waals surface area contributed by atoms with Crippen LogP contribution in [0.15, 0.2) is 40.6 Å². The molecule has 1 heterocycles. The summed E-state index contributed by atoms with van der Waals surface area (Å²) in [7, 11) is 2.04. The molecule has 1 N–H and O–H groups in total. The number of rotatable bonds is 5. The molecule has 0 aliphatic heterocycles. The van der Waals surface area contributed by atoms with E-state index < -0.39 is 0 Å². The Hall–Kier alpha value is -0.770. The monoisotopic (exact) mass is 277 g/mol. The van der Waals surface area contributed by atoms with Gasteiger partial charge in [0.15, 0.2) is 0 Å². The third-order valence-corrected chi connectivity index (χ3v) is 5.03. The fourth-order valence-corrected chi connectivity index (χ4v) is 3.70. The number of benzene rings is 1. The molecule has 0 aliphatic rings. The minimum absolute atomic E-state index is 0.433. The van der Waals surface area contributed by atoms with E-state index in [0.717, 1.165) is 5.75 Å². The van der Waals surface area contributed by atoms with Crippen molar-refractivity contribution in [3.63, 3.8) is 0 Å². The van der Waals surface area contributed by atoms with Gasteiger partial charge in [-0.15, -0.1) is 23.1 Å². The lowest BCUT2D eigenvalue weighted by Crippen LogP contribution is -2.18. The molecule has 1 unspecified atom stereocenters. The zero-order valence-electron chi connectivity index (χ0n) is 11.1. The number of nitrogens with one attached hydrogen (secondary N) is 1. The second-order valence-corrected chi connectivity index (χ2v) is 6.61. The zero-order chi connectivity index (χ0) is 13.0. The SMILES string of the molecule is CNC(CSc1ccc(C)cc1)c1ccsc1C. The summed E-state index contributed by atoms with van der Waals surface area (Å²) in [4.78, 5) is 2.76. The van der Waals surface area contributed by atoms with Crippen LogP contribution >= 0.6 is 23.1 Å². The molecule has 0 aliphatic carbocycles. The van der Waals surface area contributed by atoms with Crippen LogP contribution in [0.25, 0.3) is 0 Å². The van der Waals surface area contributed by atoms with Gasteiger partial charge in [0.25, 0.3) is 0 Å². The Labute approximate surface area is 118 Å². The Kier molecular flexibility index (Phi) is 4.87. The van der Waals surface area contributed by atoms with Gasteiger partial charge in [0, 0.05) is 21.6 Å². The van der Waals surface area contributed by atoms with E-state index in [1.165, 1.54) is 20.9 Å². The summed E-state index contributed by atoms with van der Waals surface area (Å²) in [5.74, 6) is 1.07. The molecule has 18 heavy (non-hydrogen) atoms. The second-order valence-electron chi connectivity index (χ2n) is 4.40. The highest BCUT2D eigenvalue weighted by Crippen LogP contribution is 2.28. The topological polar surface area (TPSA) is 12.0 Å². The quantitative estimate of drug-likeness (QED) is 0.812. The molecular formula is C15H19NS2. The fourth-order valence-electron chi connectivity index (χ4n) is 1.90. The van der Waals surface area contributed by atoms with Gasteiger partial charge in [-0.2, -0.15) is 0 Å². The Morgan fingerprint density at radius 1 is 1.17 bits per heavy atom. The molecule has 2 aromatic rings. The van der Waals surface area contributed by atoms with Gasteiger partial charge >= 0.3 is 0 Å². The molecular weight excluding hydrogens is 258 g/mol. The Morgan fingerprint density at radius 2 is 1.89 bits per heavy atom. The van der Waals surface area contributed by atoms with Gasteiger partial charge in [-0.3, -0.25) is 0 Å². The van der Waals surface area contributed by atoms with Crippen molar-refractivity contribution >= 4 is 23.1 Å².